The van der Waals surface area contributed by atoms with E-state index in [1.165, 1.54) is 42.4 Å². The van der Waals surface area contributed by atoms with Gasteiger partial charge >= 0.3 is 0 Å². The Morgan fingerprint density at radius 3 is 2.80 bits per heavy atom. The lowest BCUT2D eigenvalue weighted by molar-refractivity contribution is -0.129. The van der Waals surface area contributed by atoms with Gasteiger partial charge in [-0.05, 0) is 31.0 Å². The Labute approximate surface area is 166 Å². The number of hydrogen-bond acceptors (Lipinski definition) is 4. The van der Waals surface area contributed by atoms with Gasteiger partial charge in [0.2, 0.25) is 5.91 Å². The fourth-order valence-electron chi connectivity index (χ4n) is 3.04. The van der Waals surface area contributed by atoms with Gasteiger partial charge in [0.25, 0.3) is 0 Å². The lowest BCUT2D eigenvalue weighted by Crippen LogP contribution is -2.39. The Hall–Kier alpha value is -0.750. The van der Waals surface area contributed by atoms with Gasteiger partial charge in [0, 0.05) is 29.1 Å². The molecule has 0 bridgehead atoms. The molecule has 1 saturated carbocycles. The second-order valence-corrected chi connectivity index (χ2v) is 9.13. The van der Waals surface area contributed by atoms with Crippen molar-refractivity contribution in [1.29, 1.82) is 0 Å². The molecule has 7 heteroatoms. The Morgan fingerprint density at radius 2 is 2.08 bits per heavy atom. The Kier molecular flexibility index (Phi) is 6.67. The molecule has 0 spiro atoms. The highest BCUT2D eigenvalue weighted by Gasteiger charge is 2.22. The molecule has 1 heterocycles. The van der Waals surface area contributed by atoms with Gasteiger partial charge in [0.15, 0.2) is 4.34 Å². The maximum absolute atomic E-state index is 12.4. The fourth-order valence-corrected chi connectivity index (χ4v) is 5.30. The highest BCUT2D eigenvalue weighted by Crippen LogP contribution is 2.34. The molecule has 0 unspecified atom stereocenters. The molecule has 1 aliphatic carbocycles. The molecule has 1 amide bonds. The summed E-state index contributed by atoms with van der Waals surface area (Å²) in [7, 11) is 1.93. The van der Waals surface area contributed by atoms with Crippen LogP contribution in [0.5, 0.6) is 0 Å². The number of amides is 1. The van der Waals surface area contributed by atoms with E-state index in [-0.39, 0.29) is 5.91 Å². The average Bonchev–Trinajstić information content (AvgIpc) is 3.08. The first-order valence-electron chi connectivity index (χ1n) is 8.34. The zero-order valence-electron chi connectivity index (χ0n) is 14.0. The zero-order valence-corrected chi connectivity index (χ0v) is 17.1. The summed E-state index contributed by atoms with van der Waals surface area (Å²) >= 11 is 15.2. The number of rotatable bonds is 5. The molecule has 2 aromatic rings. The van der Waals surface area contributed by atoms with Gasteiger partial charge in [-0.3, -0.25) is 4.79 Å². The zero-order chi connectivity index (χ0) is 17.8. The average molecular weight is 415 g/mol. The van der Waals surface area contributed by atoms with E-state index < -0.39 is 0 Å². The first-order valence-corrected chi connectivity index (χ1v) is 11.0. The molecular weight excluding hydrogens is 395 g/mol. The molecule has 134 valence electrons. The van der Waals surface area contributed by atoms with Crippen LogP contribution >= 0.6 is 46.3 Å². The second kappa shape index (κ2) is 8.76. The summed E-state index contributed by atoms with van der Waals surface area (Å²) in [6.45, 7) is 0. The van der Waals surface area contributed by atoms with Crippen LogP contribution in [-0.2, 0) is 4.79 Å². The molecule has 0 aliphatic heterocycles. The predicted molar refractivity (Wildman–Crippen MR) is 108 cm³/mol. The fraction of sp³-hybridized carbons (Fsp3) is 0.444. The number of thioether (sulfide) groups is 1. The van der Waals surface area contributed by atoms with Crippen LogP contribution in [0.1, 0.15) is 32.1 Å². The first-order chi connectivity index (χ1) is 12.0. The molecule has 25 heavy (non-hydrogen) atoms. The van der Waals surface area contributed by atoms with Crippen LogP contribution in [-0.4, -0.2) is 34.6 Å². The molecule has 0 saturated heterocycles. The van der Waals surface area contributed by atoms with Gasteiger partial charge in [-0.1, -0.05) is 54.2 Å². The number of carbonyl (C=O) groups excluding carboxylic acids is 1. The van der Waals surface area contributed by atoms with Crippen LogP contribution in [0.2, 0.25) is 10.0 Å². The molecule has 3 rings (SSSR count). The van der Waals surface area contributed by atoms with E-state index in [0.717, 1.165) is 28.4 Å². The molecule has 0 atom stereocenters. The molecule has 0 N–H and O–H groups in total. The van der Waals surface area contributed by atoms with Crippen molar-refractivity contribution < 1.29 is 4.79 Å². The van der Waals surface area contributed by atoms with Crippen LogP contribution in [0.4, 0.5) is 0 Å². The number of hydrogen-bond donors (Lipinski definition) is 0. The van der Waals surface area contributed by atoms with Crippen molar-refractivity contribution in [3.05, 3.63) is 33.6 Å². The van der Waals surface area contributed by atoms with E-state index in [0.29, 0.717) is 21.8 Å². The van der Waals surface area contributed by atoms with Crippen molar-refractivity contribution >= 4 is 52.2 Å². The largest absolute Gasteiger partial charge is 0.342 e. The van der Waals surface area contributed by atoms with Crippen molar-refractivity contribution in [2.75, 3.05) is 12.8 Å². The molecule has 1 aromatic carbocycles. The molecule has 1 fully saturated rings. The molecular formula is C18H20Cl2N2OS2. The smallest absolute Gasteiger partial charge is 0.233 e. The van der Waals surface area contributed by atoms with Gasteiger partial charge in [0.1, 0.15) is 0 Å². The number of carbonyl (C=O) groups is 1. The number of nitrogens with zero attached hydrogens (tertiary/aromatic N) is 2. The van der Waals surface area contributed by atoms with E-state index in [1.54, 1.807) is 12.1 Å². The topological polar surface area (TPSA) is 33.2 Å². The van der Waals surface area contributed by atoms with Crippen LogP contribution in [0.25, 0.3) is 11.3 Å². The van der Waals surface area contributed by atoms with Crippen LogP contribution in [0.3, 0.4) is 0 Å². The second-order valence-electron chi connectivity index (χ2n) is 6.21. The normalized spacial score (nSPS) is 15.3. The van der Waals surface area contributed by atoms with Crippen LogP contribution in [0.15, 0.2) is 27.9 Å². The lowest BCUT2D eigenvalue weighted by Gasteiger charge is -2.31. The van der Waals surface area contributed by atoms with Crippen molar-refractivity contribution in [3.8, 4) is 11.3 Å². The lowest BCUT2D eigenvalue weighted by atomic mass is 9.94. The monoisotopic (exact) mass is 414 g/mol. The number of thiazole rings is 1. The summed E-state index contributed by atoms with van der Waals surface area (Å²) in [5.74, 6) is 0.604. The van der Waals surface area contributed by atoms with Gasteiger partial charge in [-0.15, -0.1) is 11.3 Å². The van der Waals surface area contributed by atoms with E-state index in [1.807, 2.05) is 23.4 Å². The molecule has 0 radical (unpaired) electrons. The summed E-state index contributed by atoms with van der Waals surface area (Å²) in [5.41, 5.74) is 1.68. The summed E-state index contributed by atoms with van der Waals surface area (Å²) in [5, 5.41) is 3.16. The highest BCUT2D eigenvalue weighted by molar-refractivity contribution is 8.01. The minimum absolute atomic E-state index is 0.179. The highest BCUT2D eigenvalue weighted by atomic mass is 35.5. The molecule has 3 nitrogen and oxygen atoms in total. The van der Waals surface area contributed by atoms with E-state index in [4.69, 9.17) is 23.2 Å². The van der Waals surface area contributed by atoms with Crippen molar-refractivity contribution in [2.24, 2.45) is 0 Å². The van der Waals surface area contributed by atoms with E-state index >= 15 is 0 Å². The van der Waals surface area contributed by atoms with Gasteiger partial charge in [-0.2, -0.15) is 0 Å². The van der Waals surface area contributed by atoms with Crippen LogP contribution in [0, 0.1) is 0 Å². The maximum Gasteiger partial charge on any atom is 0.233 e. The predicted octanol–water partition coefficient (Wildman–Crippen LogP) is 6.00. The van der Waals surface area contributed by atoms with Crippen molar-refractivity contribution in [3.63, 3.8) is 0 Å². The maximum atomic E-state index is 12.4. The third-order valence-corrected chi connectivity index (χ3v) is 7.08. The van der Waals surface area contributed by atoms with E-state index in [2.05, 4.69) is 4.98 Å². The Balaban J connectivity index is 1.59. The molecule has 1 aliphatic rings. The van der Waals surface area contributed by atoms with E-state index in [9.17, 15) is 4.79 Å². The van der Waals surface area contributed by atoms with Gasteiger partial charge < -0.3 is 4.90 Å². The standard InChI is InChI=1S/C18H20Cl2N2OS2/c1-22(13-5-3-2-4-6-13)17(23)11-25-18-21-16(10-24-18)14-8-7-12(19)9-15(14)20/h7-10,13H,2-6,11H2,1H3. The number of benzene rings is 1. The van der Waals surface area contributed by atoms with Gasteiger partial charge in [0.05, 0.1) is 16.5 Å². The summed E-state index contributed by atoms with van der Waals surface area (Å²) in [6, 6.07) is 5.79. The molecule has 1 aromatic heterocycles. The minimum Gasteiger partial charge on any atom is -0.342 e. The summed E-state index contributed by atoms with van der Waals surface area (Å²) < 4.78 is 0.881. The number of aromatic nitrogens is 1. The quantitative estimate of drug-likeness (QED) is 0.562. The summed E-state index contributed by atoms with van der Waals surface area (Å²) in [6.07, 6.45) is 6.01. The third kappa shape index (κ3) is 4.91. The first kappa shape index (κ1) is 19.0. The minimum atomic E-state index is 0.179. The Bertz CT molecular complexity index is 744. The number of halogens is 2. The van der Waals surface area contributed by atoms with Crippen molar-refractivity contribution in [1.82, 2.24) is 9.88 Å². The summed E-state index contributed by atoms with van der Waals surface area (Å²) in [4.78, 5) is 19.0. The third-order valence-electron chi connectivity index (χ3n) is 4.53. The van der Waals surface area contributed by atoms with Crippen LogP contribution < -0.4 is 0 Å². The SMILES string of the molecule is CN(C(=O)CSc1nc(-c2ccc(Cl)cc2Cl)cs1)C1CCCCC1. The van der Waals surface area contributed by atoms with Crippen molar-refractivity contribution in [2.45, 2.75) is 42.5 Å². The van der Waals surface area contributed by atoms with Gasteiger partial charge in [-0.25, -0.2) is 4.98 Å². The Morgan fingerprint density at radius 1 is 1.32 bits per heavy atom.